The predicted octanol–water partition coefficient (Wildman–Crippen LogP) is 4.08. The van der Waals surface area contributed by atoms with Crippen molar-refractivity contribution in [3.8, 4) is 11.8 Å². The van der Waals surface area contributed by atoms with Gasteiger partial charge in [0.2, 0.25) is 0 Å². The van der Waals surface area contributed by atoms with E-state index in [0.717, 1.165) is 0 Å². The Bertz CT molecular complexity index is 1440. The molecule has 0 saturated heterocycles. The number of benzene rings is 2. The Morgan fingerprint density at radius 2 is 1.97 bits per heavy atom. The van der Waals surface area contributed by atoms with Crippen molar-refractivity contribution in [2.45, 2.75) is 13.0 Å². The van der Waals surface area contributed by atoms with E-state index in [1.807, 2.05) is 49.4 Å². The van der Waals surface area contributed by atoms with Crippen molar-refractivity contribution in [1.82, 2.24) is 14.5 Å². The van der Waals surface area contributed by atoms with Crippen LogP contribution in [0.25, 0.3) is 16.5 Å². The summed E-state index contributed by atoms with van der Waals surface area (Å²) in [5.74, 6) is 0.252. The van der Waals surface area contributed by atoms with Gasteiger partial charge >= 0.3 is 0 Å². The summed E-state index contributed by atoms with van der Waals surface area (Å²) in [7, 11) is 0. The fourth-order valence-corrected chi connectivity index (χ4v) is 3.85. The number of para-hydroxylation sites is 1. The van der Waals surface area contributed by atoms with E-state index in [1.54, 1.807) is 22.8 Å². The molecule has 8 nitrogen and oxygen atoms in total. The third-order valence-corrected chi connectivity index (χ3v) is 5.39. The highest BCUT2D eigenvalue weighted by atomic mass is 35.5. The zero-order valence-electron chi connectivity index (χ0n) is 17.0. The minimum absolute atomic E-state index is 0.0204. The second kappa shape index (κ2) is 8.49. The van der Waals surface area contributed by atoms with Crippen molar-refractivity contribution < 1.29 is 0 Å². The number of nitrogens with one attached hydrogen (secondary N) is 2. The van der Waals surface area contributed by atoms with Crippen molar-refractivity contribution in [1.29, 1.82) is 10.7 Å². The first-order valence-electron chi connectivity index (χ1n) is 9.68. The summed E-state index contributed by atoms with van der Waals surface area (Å²) in [6.45, 7) is 1.85. The first-order valence-corrected chi connectivity index (χ1v) is 10.1. The minimum Gasteiger partial charge on any atom is -0.383 e. The Morgan fingerprint density at radius 1 is 1.22 bits per heavy atom. The van der Waals surface area contributed by atoms with Crippen LogP contribution in [0.4, 0.5) is 11.6 Å². The molecule has 0 saturated carbocycles. The number of hydrogen-bond acceptors (Lipinski definition) is 7. The molecule has 2 aromatic heterocycles. The van der Waals surface area contributed by atoms with Gasteiger partial charge in [0, 0.05) is 11.4 Å². The standard InChI is InChI=1S/C23H18ClN7O/c1-13(30-22-20(17(26)11-25)21(27)28-12-29-22)18-10-14-6-5-9-16(24)19(14)23(32)31(18)15-7-3-2-4-8-15/h2-10,12-13,26H,1H3,(H3,27,28,29,30). The number of fused-ring (bicyclic) bond motifs is 1. The number of nitrogens with two attached hydrogens (primary N) is 1. The van der Waals surface area contributed by atoms with Crippen LogP contribution in [0.15, 0.2) is 65.7 Å². The van der Waals surface area contributed by atoms with Gasteiger partial charge < -0.3 is 11.1 Å². The molecule has 0 radical (unpaired) electrons. The van der Waals surface area contributed by atoms with Crippen LogP contribution < -0.4 is 16.6 Å². The van der Waals surface area contributed by atoms with Crippen LogP contribution in [0, 0.1) is 16.7 Å². The molecule has 0 fully saturated rings. The van der Waals surface area contributed by atoms with Crippen LogP contribution in [0.2, 0.25) is 5.02 Å². The Morgan fingerprint density at radius 3 is 2.69 bits per heavy atom. The van der Waals surface area contributed by atoms with Crippen LogP contribution in [0.3, 0.4) is 0 Å². The van der Waals surface area contributed by atoms with Gasteiger partial charge in [-0.3, -0.25) is 14.8 Å². The van der Waals surface area contributed by atoms with Crippen LogP contribution in [0.1, 0.15) is 24.2 Å². The molecule has 0 spiro atoms. The number of nitrogen functional groups attached to an aromatic ring is 1. The van der Waals surface area contributed by atoms with E-state index in [1.165, 1.54) is 6.33 Å². The zero-order valence-corrected chi connectivity index (χ0v) is 17.8. The fourth-order valence-electron chi connectivity index (χ4n) is 3.59. The summed E-state index contributed by atoms with van der Waals surface area (Å²) in [6, 6.07) is 17.7. The smallest absolute Gasteiger partial charge is 0.264 e. The average Bonchev–Trinajstić information content (AvgIpc) is 2.79. The van der Waals surface area contributed by atoms with Gasteiger partial charge in [-0.15, -0.1) is 0 Å². The summed E-state index contributed by atoms with van der Waals surface area (Å²) in [5.41, 5.74) is 6.71. The van der Waals surface area contributed by atoms with Gasteiger partial charge in [-0.05, 0) is 36.6 Å². The van der Waals surface area contributed by atoms with E-state index in [4.69, 9.17) is 22.7 Å². The van der Waals surface area contributed by atoms with Gasteiger partial charge in [-0.25, -0.2) is 9.97 Å². The van der Waals surface area contributed by atoms with Crippen molar-refractivity contribution in [3.05, 3.63) is 87.6 Å². The summed E-state index contributed by atoms with van der Waals surface area (Å²) < 4.78 is 1.59. The second-order valence-electron chi connectivity index (χ2n) is 7.08. The molecule has 0 aliphatic carbocycles. The number of halogens is 1. The Labute approximate surface area is 188 Å². The van der Waals surface area contributed by atoms with Gasteiger partial charge in [-0.1, -0.05) is 41.9 Å². The van der Waals surface area contributed by atoms with Gasteiger partial charge in [0.1, 0.15) is 29.7 Å². The minimum atomic E-state index is -0.453. The van der Waals surface area contributed by atoms with Crippen molar-refractivity contribution in [3.63, 3.8) is 0 Å². The molecule has 4 aromatic rings. The number of nitrogens with zero attached hydrogens (tertiary/aromatic N) is 4. The number of aromatic nitrogens is 3. The maximum atomic E-state index is 13.5. The van der Waals surface area contributed by atoms with Crippen LogP contribution in [-0.2, 0) is 0 Å². The van der Waals surface area contributed by atoms with Crippen LogP contribution in [0.5, 0.6) is 0 Å². The Hall–Kier alpha value is -4.22. The van der Waals surface area contributed by atoms with Gasteiger partial charge in [-0.2, -0.15) is 5.26 Å². The molecule has 4 N–H and O–H groups in total. The lowest BCUT2D eigenvalue weighted by atomic mass is 10.1. The topological polar surface area (TPSA) is 133 Å². The molecule has 0 aliphatic rings. The normalized spacial score (nSPS) is 11.7. The summed E-state index contributed by atoms with van der Waals surface area (Å²) in [4.78, 5) is 21.6. The fraction of sp³-hybridized carbons (Fsp3) is 0.0870. The third-order valence-electron chi connectivity index (χ3n) is 5.07. The first kappa shape index (κ1) is 21.0. The molecular weight excluding hydrogens is 426 g/mol. The zero-order chi connectivity index (χ0) is 22.8. The molecule has 2 aromatic carbocycles. The van der Waals surface area contributed by atoms with Gasteiger partial charge in [0.05, 0.1) is 22.0 Å². The van der Waals surface area contributed by atoms with E-state index in [2.05, 4.69) is 15.3 Å². The maximum absolute atomic E-state index is 13.5. The molecular formula is C23H18ClN7O. The molecule has 0 bridgehead atoms. The van der Waals surface area contributed by atoms with Crippen molar-refractivity contribution >= 4 is 39.7 Å². The monoisotopic (exact) mass is 443 g/mol. The highest BCUT2D eigenvalue weighted by molar-refractivity contribution is 6.35. The number of rotatable bonds is 5. The number of anilines is 2. The number of hydrogen-bond donors (Lipinski definition) is 3. The van der Waals surface area contributed by atoms with E-state index >= 15 is 0 Å². The molecule has 1 atom stereocenters. The molecule has 158 valence electrons. The van der Waals surface area contributed by atoms with Crippen molar-refractivity contribution in [2.24, 2.45) is 0 Å². The molecule has 32 heavy (non-hydrogen) atoms. The molecule has 2 heterocycles. The van der Waals surface area contributed by atoms with Crippen molar-refractivity contribution in [2.75, 3.05) is 11.1 Å². The highest BCUT2D eigenvalue weighted by Gasteiger charge is 2.21. The quantitative estimate of drug-likeness (QED) is 0.398. The lowest BCUT2D eigenvalue weighted by Gasteiger charge is -2.22. The largest absolute Gasteiger partial charge is 0.383 e. The number of pyridine rings is 1. The van der Waals surface area contributed by atoms with E-state index < -0.39 is 6.04 Å². The van der Waals surface area contributed by atoms with Crippen LogP contribution >= 0.6 is 11.6 Å². The lowest BCUT2D eigenvalue weighted by molar-refractivity contribution is 0.772. The second-order valence-corrected chi connectivity index (χ2v) is 7.49. The highest BCUT2D eigenvalue weighted by Crippen LogP contribution is 2.28. The Balaban J connectivity index is 1.92. The third kappa shape index (κ3) is 3.66. The SMILES string of the molecule is CC(Nc1ncnc(N)c1C(=N)C#N)c1cc2cccc(Cl)c2c(=O)n1-c1ccccc1. The summed E-state index contributed by atoms with van der Waals surface area (Å²) in [6.07, 6.45) is 1.25. The molecule has 1 unspecified atom stereocenters. The molecule has 4 rings (SSSR count). The maximum Gasteiger partial charge on any atom is 0.264 e. The summed E-state index contributed by atoms with van der Waals surface area (Å²) in [5, 5.41) is 21.8. The average molecular weight is 444 g/mol. The molecule has 9 heteroatoms. The van der Waals surface area contributed by atoms with Gasteiger partial charge in [0.15, 0.2) is 0 Å². The van der Waals surface area contributed by atoms with Crippen LogP contribution in [-0.4, -0.2) is 20.2 Å². The van der Waals surface area contributed by atoms with Gasteiger partial charge in [0.25, 0.3) is 5.56 Å². The van der Waals surface area contributed by atoms with E-state index in [-0.39, 0.29) is 28.5 Å². The Kier molecular flexibility index (Phi) is 5.58. The van der Waals surface area contributed by atoms with E-state index in [9.17, 15) is 10.1 Å². The lowest BCUT2D eigenvalue weighted by Crippen LogP contribution is -2.26. The predicted molar refractivity (Wildman–Crippen MR) is 125 cm³/mol. The first-order chi connectivity index (χ1) is 15.4. The summed E-state index contributed by atoms with van der Waals surface area (Å²) >= 11 is 6.36. The molecule has 0 amide bonds. The number of nitriles is 1. The molecule has 0 aliphatic heterocycles. The van der Waals surface area contributed by atoms with E-state index in [0.29, 0.717) is 27.2 Å².